The highest BCUT2D eigenvalue weighted by molar-refractivity contribution is 7.34. The highest BCUT2D eigenvalue weighted by Crippen LogP contribution is 2.63. The van der Waals surface area contributed by atoms with E-state index in [9.17, 15) is 0 Å². The molecule has 3 nitrogen and oxygen atoms in total. The Labute approximate surface area is 870 Å². The molecular formula is C135H83N3S8. The average Bonchev–Trinajstić information content (AvgIpc) is 1.49. The Morgan fingerprint density at radius 3 is 1.18 bits per heavy atom. The van der Waals surface area contributed by atoms with E-state index < -0.39 is 0 Å². The fourth-order valence-electron chi connectivity index (χ4n) is 26.1. The number of rotatable bonds is 2. The second kappa shape index (κ2) is 30.9. The third kappa shape index (κ3) is 11.7. The Hall–Kier alpha value is -15.2. The number of fused-ring (bicyclic) bond motifs is 54. The number of para-hydroxylation sites is 1. The van der Waals surface area contributed by atoms with Crippen molar-refractivity contribution in [2.75, 3.05) is 0 Å². The van der Waals surface area contributed by atoms with Gasteiger partial charge in [0, 0.05) is 196 Å². The number of thiophene rings is 8. The first-order valence-electron chi connectivity index (χ1n) is 50.1. The van der Waals surface area contributed by atoms with E-state index in [0.717, 1.165) is 33.2 Å². The van der Waals surface area contributed by atoms with E-state index in [2.05, 4.69) is 440 Å². The Balaban J connectivity index is 0.0000000878. The van der Waals surface area contributed by atoms with Crippen molar-refractivity contribution in [2.24, 2.45) is 0 Å². The summed E-state index contributed by atoms with van der Waals surface area (Å²) in [4.78, 5) is 10.7. The maximum atomic E-state index is 5.42. The molecule has 686 valence electrons. The monoisotopic (exact) mass is 2000 g/mol. The maximum Gasteiger partial charge on any atom is 0.235 e. The van der Waals surface area contributed by atoms with E-state index >= 15 is 0 Å². The summed E-state index contributed by atoms with van der Waals surface area (Å²) in [5, 5.41) is 36.4. The van der Waals surface area contributed by atoms with Gasteiger partial charge < -0.3 is 0 Å². The lowest BCUT2D eigenvalue weighted by molar-refractivity contribution is 0.661. The summed E-state index contributed by atoms with van der Waals surface area (Å²) in [6.07, 6.45) is 0. The van der Waals surface area contributed by atoms with E-state index in [1.807, 2.05) is 90.7 Å². The molecule has 10 aromatic heterocycles. The minimum atomic E-state index is -0.0345. The van der Waals surface area contributed by atoms with Crippen LogP contribution >= 0.6 is 90.7 Å². The number of aromatic nitrogens is 3. The molecule has 146 heavy (non-hydrogen) atoms. The van der Waals surface area contributed by atoms with Crippen LogP contribution in [-0.2, 0) is 16.2 Å². The van der Waals surface area contributed by atoms with Gasteiger partial charge in [0.25, 0.3) is 0 Å². The van der Waals surface area contributed by atoms with Gasteiger partial charge >= 0.3 is 0 Å². The minimum Gasteiger partial charge on any atom is -0.276 e. The van der Waals surface area contributed by atoms with Crippen LogP contribution in [0.4, 0.5) is 0 Å². The zero-order valence-corrected chi connectivity index (χ0v) is 86.7. The summed E-state index contributed by atoms with van der Waals surface area (Å²) in [5.41, 5.74) is 22.6. The van der Waals surface area contributed by atoms with Gasteiger partial charge in [-0.05, 0) is 178 Å². The Morgan fingerprint density at radius 1 is 0.199 bits per heavy atom. The summed E-state index contributed by atoms with van der Waals surface area (Å²) >= 11 is 15.4. The first-order valence-corrected chi connectivity index (χ1v) is 56.7. The third-order valence-electron chi connectivity index (χ3n) is 32.5. The molecule has 0 atom stereocenters. The Kier molecular flexibility index (Phi) is 17.8. The molecule has 3 aliphatic carbocycles. The maximum absolute atomic E-state index is 5.42. The number of nitrogens with zero attached hydrogens (tertiary/aromatic N) is 3. The molecule has 0 saturated carbocycles. The normalized spacial score (nSPS) is 13.8. The summed E-state index contributed by atoms with van der Waals surface area (Å²) in [7, 11) is 0. The van der Waals surface area contributed by atoms with Gasteiger partial charge in [-0.2, -0.15) is 0 Å². The van der Waals surface area contributed by atoms with E-state index in [4.69, 9.17) is 9.97 Å². The molecule has 35 rings (SSSR count). The van der Waals surface area contributed by atoms with Crippen LogP contribution in [-0.4, -0.2) is 14.5 Å². The molecule has 0 amide bonds. The van der Waals surface area contributed by atoms with Crippen LogP contribution in [0.5, 0.6) is 0 Å². The van der Waals surface area contributed by atoms with Crippen molar-refractivity contribution in [2.45, 2.75) is 57.8 Å². The average molecular weight is 2000 g/mol. The first-order chi connectivity index (χ1) is 71.7. The number of hydrogen-bond acceptors (Lipinski definition) is 10. The van der Waals surface area contributed by atoms with E-state index in [1.165, 1.54) is 282 Å². The number of hydrogen-bond donors (Lipinski definition) is 0. The molecule has 0 aliphatic heterocycles. The Bertz CT molecular complexity index is 11500. The third-order valence-corrected chi connectivity index (χ3v) is 42.1. The molecule has 0 bridgehead atoms. The lowest BCUT2D eigenvalue weighted by Crippen LogP contribution is -2.15. The van der Waals surface area contributed by atoms with Gasteiger partial charge in [0.2, 0.25) is 5.95 Å². The second-order valence-corrected chi connectivity index (χ2v) is 49.7. The topological polar surface area (TPSA) is 30.7 Å². The van der Waals surface area contributed by atoms with Gasteiger partial charge in [-0.3, -0.25) is 4.57 Å². The fourth-order valence-corrected chi connectivity index (χ4v) is 36.1. The van der Waals surface area contributed by atoms with Gasteiger partial charge in [-0.15, -0.1) is 90.7 Å². The van der Waals surface area contributed by atoms with Crippen molar-refractivity contribution in [1.29, 1.82) is 0 Å². The van der Waals surface area contributed by atoms with Crippen molar-refractivity contribution in [1.82, 2.24) is 14.5 Å². The molecule has 0 unspecified atom stereocenters. The molecule has 0 fully saturated rings. The van der Waals surface area contributed by atoms with Crippen LogP contribution in [0.3, 0.4) is 0 Å². The SMILES string of the molecule is CC1(C)c2ccc3ccc4sc5ccccc5c4c3c2-c2ccc3c(sc4ccccc43)c21.CC1(C)c2ccccc2-c2c1c1sc3ccccc3c1c1c2ccc2sc3ccccc3c21.CC1(C)c2ccccc2-c2c1ccc1ccc3sc4c(ccc5c6ccccc6sc54)c3c21.c1ccc(-c2nc(-n3c4ccc5ccc6sc7ccccc7c6c5c4c4ccc5c6ccccc6sc5c43)nc3ccccc23)cc1. The van der Waals surface area contributed by atoms with Gasteiger partial charge in [0.15, 0.2) is 0 Å². The molecule has 10 heterocycles. The van der Waals surface area contributed by atoms with E-state index in [0.29, 0.717) is 5.95 Å². The van der Waals surface area contributed by atoms with Crippen LogP contribution in [0.2, 0.25) is 0 Å². The van der Waals surface area contributed by atoms with Crippen LogP contribution in [0.25, 0.3) is 288 Å². The molecule has 22 aromatic carbocycles. The van der Waals surface area contributed by atoms with Crippen molar-refractivity contribution in [3.63, 3.8) is 0 Å². The van der Waals surface area contributed by atoms with Crippen molar-refractivity contribution in [3.8, 4) is 50.6 Å². The molecular weight excluding hydrogens is 1920 g/mol. The predicted octanol–water partition coefficient (Wildman–Crippen LogP) is 41.9. The quantitative estimate of drug-likeness (QED) is 0.173. The predicted molar refractivity (Wildman–Crippen MR) is 644 cm³/mol. The van der Waals surface area contributed by atoms with Crippen molar-refractivity contribution < 1.29 is 0 Å². The largest absolute Gasteiger partial charge is 0.276 e. The molecule has 0 saturated heterocycles. The lowest BCUT2D eigenvalue weighted by Gasteiger charge is -2.23. The van der Waals surface area contributed by atoms with Crippen molar-refractivity contribution in [3.05, 3.63) is 428 Å². The first kappa shape index (κ1) is 84.2. The molecule has 0 spiro atoms. The van der Waals surface area contributed by atoms with E-state index in [-0.39, 0.29) is 16.2 Å². The zero-order chi connectivity index (χ0) is 96.3. The fraction of sp³-hybridized carbons (Fsp3) is 0.0667. The molecule has 3 aliphatic rings. The second-order valence-electron chi connectivity index (χ2n) is 41.2. The summed E-state index contributed by atoms with van der Waals surface area (Å²) < 4.78 is 24.3. The molecule has 32 aromatic rings. The summed E-state index contributed by atoms with van der Waals surface area (Å²) in [6.45, 7) is 14.4. The molecule has 11 heteroatoms. The van der Waals surface area contributed by atoms with Gasteiger partial charge in [0.1, 0.15) is 0 Å². The van der Waals surface area contributed by atoms with Gasteiger partial charge in [-0.1, -0.05) is 357 Å². The highest BCUT2D eigenvalue weighted by Gasteiger charge is 2.43. The standard InChI is InChI=1S/C42H23N3S2.3C31H20S2/c1-2-10-25(11-3-1)39-28-13-4-7-15-31(28)43-42(44-39)45-32-22-18-24-19-23-35-38(29-14-6-9-17-34(29)46-35)36(24)37(32)30-21-20-27-26-12-5-8-16-33(26)47-41(27)40(30)45;1-31(2)21-12-6-3-9-17(21)25-20-15-16-24-26(18-10-4-7-13-22(18)32-24)27(20)28-19-11-5-8-14-23(19)33-30(28)29(25)31;1-31(2)22-9-5-3-8-20(22)27-23(31)15-11-17-12-16-25-28(26(17)27)21-14-13-19-18-7-4-6-10-24(18)32-29(19)30(21)33-25;1-31(2)22-15-11-17-12-16-25-28(20-8-4-6-10-24(20)32-25)26(17)27(22)21-14-13-19-18-7-3-5-9-23(18)33-30(19)29(21)31/h1-23H;3*3-16H,1-2H3. The minimum absolute atomic E-state index is 0.0207. The molecule has 0 radical (unpaired) electrons. The smallest absolute Gasteiger partial charge is 0.235 e. The van der Waals surface area contributed by atoms with Crippen LogP contribution in [0, 0.1) is 0 Å². The zero-order valence-electron chi connectivity index (χ0n) is 80.1. The Morgan fingerprint density at radius 2 is 0.575 bits per heavy atom. The van der Waals surface area contributed by atoms with Crippen LogP contribution in [0.1, 0.15) is 74.9 Å². The lowest BCUT2D eigenvalue weighted by atomic mass is 9.81. The van der Waals surface area contributed by atoms with Gasteiger partial charge in [0.05, 0.1) is 36.3 Å². The van der Waals surface area contributed by atoms with Crippen LogP contribution < -0.4 is 0 Å². The van der Waals surface area contributed by atoms with Crippen LogP contribution in [0.15, 0.2) is 394 Å². The number of benzene rings is 22. The molecule has 0 N–H and O–H groups in total. The summed E-state index contributed by atoms with van der Waals surface area (Å²) in [5.74, 6) is 0.689. The highest BCUT2D eigenvalue weighted by atomic mass is 32.1. The summed E-state index contributed by atoms with van der Waals surface area (Å²) in [6, 6.07) is 146. The van der Waals surface area contributed by atoms with E-state index in [1.54, 1.807) is 0 Å². The van der Waals surface area contributed by atoms with Gasteiger partial charge in [-0.25, -0.2) is 9.97 Å². The van der Waals surface area contributed by atoms with Crippen molar-refractivity contribution >= 4 is 328 Å².